The highest BCUT2D eigenvalue weighted by Gasteiger charge is 2.42. The summed E-state index contributed by atoms with van der Waals surface area (Å²) >= 11 is 1.33. The van der Waals surface area contributed by atoms with Gasteiger partial charge in [-0.15, -0.1) is 0 Å². The second-order valence-corrected chi connectivity index (χ2v) is 7.78. The van der Waals surface area contributed by atoms with E-state index >= 15 is 0 Å². The molecule has 126 valence electrons. The Balaban J connectivity index is 1.45. The summed E-state index contributed by atoms with van der Waals surface area (Å²) in [6, 6.07) is 7.68. The fourth-order valence-electron chi connectivity index (χ4n) is 3.22. The fourth-order valence-corrected chi connectivity index (χ4v) is 4.00. The Hall–Kier alpha value is -1.82. The zero-order valence-electron chi connectivity index (χ0n) is 13.7. The molecule has 4 rings (SSSR count). The van der Waals surface area contributed by atoms with Crippen LogP contribution in [-0.2, 0) is 11.8 Å². The first-order valence-electron chi connectivity index (χ1n) is 8.51. The first-order valence-corrected chi connectivity index (χ1v) is 9.50. The van der Waals surface area contributed by atoms with E-state index in [1.54, 1.807) is 13.1 Å². The Bertz CT molecular complexity index is 828. The summed E-state index contributed by atoms with van der Waals surface area (Å²) in [5.74, 6) is 1.73. The monoisotopic (exact) mass is 343 g/mol. The van der Waals surface area contributed by atoms with E-state index in [2.05, 4.69) is 10.3 Å². The lowest BCUT2D eigenvalue weighted by atomic mass is 10.1. The molecule has 0 radical (unpaired) electrons. The van der Waals surface area contributed by atoms with Crippen molar-refractivity contribution in [2.24, 2.45) is 18.9 Å². The number of para-hydroxylation sites is 1. The predicted molar refractivity (Wildman–Crippen MR) is 95.1 cm³/mol. The number of benzene rings is 1. The van der Waals surface area contributed by atoms with Crippen LogP contribution in [0.4, 0.5) is 0 Å². The molecule has 2 aliphatic carbocycles. The second kappa shape index (κ2) is 6.24. The van der Waals surface area contributed by atoms with Gasteiger partial charge in [0.15, 0.2) is 5.16 Å². The van der Waals surface area contributed by atoms with Crippen LogP contribution in [0, 0.1) is 11.8 Å². The van der Waals surface area contributed by atoms with Crippen LogP contribution in [0.25, 0.3) is 10.9 Å². The summed E-state index contributed by atoms with van der Waals surface area (Å²) in [5, 5.41) is 4.40. The van der Waals surface area contributed by atoms with Gasteiger partial charge in [0.2, 0.25) is 5.91 Å². The van der Waals surface area contributed by atoms with Crippen molar-refractivity contribution < 1.29 is 4.79 Å². The van der Waals surface area contributed by atoms with Gasteiger partial charge in [-0.1, -0.05) is 23.9 Å². The smallest absolute Gasteiger partial charge is 0.261 e. The molecule has 2 fully saturated rings. The van der Waals surface area contributed by atoms with Gasteiger partial charge in [0.05, 0.1) is 16.7 Å². The van der Waals surface area contributed by atoms with E-state index in [0.29, 0.717) is 39.7 Å². The Morgan fingerprint density at radius 2 is 1.96 bits per heavy atom. The Kier molecular flexibility index (Phi) is 4.08. The van der Waals surface area contributed by atoms with E-state index in [0.717, 1.165) is 0 Å². The van der Waals surface area contributed by atoms with Gasteiger partial charge in [0, 0.05) is 13.1 Å². The molecule has 0 aliphatic heterocycles. The lowest BCUT2D eigenvalue weighted by molar-refractivity contribution is -0.119. The molecule has 1 amide bonds. The van der Waals surface area contributed by atoms with Gasteiger partial charge >= 0.3 is 0 Å². The molecule has 0 atom stereocenters. The average Bonchev–Trinajstić information content (AvgIpc) is 3.48. The standard InChI is InChI=1S/C18H21N3O2S/c1-21-17(23)13-4-2-3-5-14(13)19-18(21)24-10-15(22)20-16(11-6-7-11)12-8-9-12/h2-5,11-12,16H,6-10H2,1H3,(H,20,22). The van der Waals surface area contributed by atoms with Crippen molar-refractivity contribution in [3.63, 3.8) is 0 Å². The molecule has 2 aromatic rings. The molecular formula is C18H21N3O2S. The van der Waals surface area contributed by atoms with Crippen LogP contribution in [0.3, 0.4) is 0 Å². The first-order chi connectivity index (χ1) is 11.6. The van der Waals surface area contributed by atoms with Gasteiger partial charge < -0.3 is 5.32 Å². The van der Waals surface area contributed by atoms with E-state index in [9.17, 15) is 9.59 Å². The minimum atomic E-state index is -0.0719. The summed E-state index contributed by atoms with van der Waals surface area (Å²) in [6.45, 7) is 0. The van der Waals surface area contributed by atoms with E-state index in [1.807, 2.05) is 18.2 Å². The van der Waals surface area contributed by atoms with Crippen molar-refractivity contribution in [3.05, 3.63) is 34.6 Å². The van der Waals surface area contributed by atoms with Crippen molar-refractivity contribution in [2.45, 2.75) is 36.9 Å². The van der Waals surface area contributed by atoms with Gasteiger partial charge in [0.1, 0.15) is 0 Å². The van der Waals surface area contributed by atoms with E-state index in [4.69, 9.17) is 0 Å². The molecule has 0 saturated heterocycles. The maximum atomic E-state index is 12.4. The normalized spacial score (nSPS) is 17.4. The van der Waals surface area contributed by atoms with Crippen LogP contribution >= 0.6 is 11.8 Å². The number of carbonyl (C=O) groups excluding carboxylic acids is 1. The van der Waals surface area contributed by atoms with Gasteiger partial charge in [-0.25, -0.2) is 4.98 Å². The molecule has 6 heteroatoms. The molecule has 1 heterocycles. The number of carbonyl (C=O) groups is 1. The Morgan fingerprint density at radius 1 is 1.29 bits per heavy atom. The van der Waals surface area contributed by atoms with Crippen molar-refractivity contribution in [3.8, 4) is 0 Å². The number of thioether (sulfide) groups is 1. The highest BCUT2D eigenvalue weighted by Crippen LogP contribution is 2.44. The summed E-state index contributed by atoms with van der Waals surface area (Å²) in [7, 11) is 1.71. The number of hydrogen-bond donors (Lipinski definition) is 1. The Morgan fingerprint density at radius 3 is 2.62 bits per heavy atom. The lowest BCUT2D eigenvalue weighted by Crippen LogP contribution is -2.39. The molecule has 1 aromatic heterocycles. The largest absolute Gasteiger partial charge is 0.352 e. The maximum Gasteiger partial charge on any atom is 0.261 e. The number of nitrogens with zero attached hydrogens (tertiary/aromatic N) is 2. The molecule has 1 aromatic carbocycles. The molecule has 0 bridgehead atoms. The van der Waals surface area contributed by atoms with Crippen molar-refractivity contribution in [1.29, 1.82) is 0 Å². The number of fused-ring (bicyclic) bond motifs is 1. The molecule has 0 spiro atoms. The topological polar surface area (TPSA) is 64.0 Å². The average molecular weight is 343 g/mol. The second-order valence-electron chi connectivity index (χ2n) is 6.83. The van der Waals surface area contributed by atoms with E-state index in [-0.39, 0.29) is 11.5 Å². The number of rotatable bonds is 6. The highest BCUT2D eigenvalue weighted by molar-refractivity contribution is 7.99. The van der Waals surface area contributed by atoms with Crippen LogP contribution in [0.5, 0.6) is 0 Å². The lowest BCUT2D eigenvalue weighted by Gasteiger charge is -2.17. The molecule has 1 N–H and O–H groups in total. The molecular weight excluding hydrogens is 322 g/mol. The van der Waals surface area contributed by atoms with Gasteiger partial charge in [-0.05, 0) is 49.7 Å². The Labute approximate surface area is 144 Å². The molecule has 0 unspecified atom stereocenters. The van der Waals surface area contributed by atoms with E-state index in [1.165, 1.54) is 42.0 Å². The number of amides is 1. The quantitative estimate of drug-likeness (QED) is 0.646. The van der Waals surface area contributed by atoms with Gasteiger partial charge in [-0.3, -0.25) is 14.2 Å². The highest BCUT2D eigenvalue weighted by atomic mass is 32.2. The summed E-state index contributed by atoms with van der Waals surface area (Å²) in [4.78, 5) is 29.2. The van der Waals surface area contributed by atoms with Crippen LogP contribution in [0.15, 0.2) is 34.2 Å². The number of nitrogens with one attached hydrogen (secondary N) is 1. The fraction of sp³-hybridized carbons (Fsp3) is 0.500. The zero-order chi connectivity index (χ0) is 16.7. The third-order valence-electron chi connectivity index (χ3n) is 4.86. The summed E-state index contributed by atoms with van der Waals surface area (Å²) in [6.07, 6.45) is 4.98. The van der Waals surface area contributed by atoms with Gasteiger partial charge in [0.25, 0.3) is 5.56 Å². The van der Waals surface area contributed by atoms with Crippen molar-refractivity contribution in [1.82, 2.24) is 14.9 Å². The number of hydrogen-bond acceptors (Lipinski definition) is 4. The van der Waals surface area contributed by atoms with Gasteiger partial charge in [-0.2, -0.15) is 0 Å². The minimum absolute atomic E-state index is 0.0474. The predicted octanol–water partition coefficient (Wildman–Crippen LogP) is 2.33. The molecule has 2 aliphatic rings. The van der Waals surface area contributed by atoms with Crippen LogP contribution in [0.1, 0.15) is 25.7 Å². The van der Waals surface area contributed by atoms with Crippen molar-refractivity contribution in [2.75, 3.05) is 5.75 Å². The zero-order valence-corrected chi connectivity index (χ0v) is 14.5. The minimum Gasteiger partial charge on any atom is -0.352 e. The number of aromatic nitrogens is 2. The maximum absolute atomic E-state index is 12.4. The molecule has 5 nitrogen and oxygen atoms in total. The molecule has 2 saturated carbocycles. The van der Waals surface area contributed by atoms with Crippen LogP contribution in [-0.4, -0.2) is 27.3 Å². The summed E-state index contributed by atoms with van der Waals surface area (Å²) < 4.78 is 1.53. The van der Waals surface area contributed by atoms with Crippen LogP contribution in [0.2, 0.25) is 0 Å². The third kappa shape index (κ3) is 3.20. The van der Waals surface area contributed by atoms with Crippen molar-refractivity contribution >= 4 is 28.6 Å². The van der Waals surface area contributed by atoms with Crippen LogP contribution < -0.4 is 10.9 Å². The third-order valence-corrected chi connectivity index (χ3v) is 5.89. The van der Waals surface area contributed by atoms with E-state index < -0.39 is 0 Å². The first kappa shape index (κ1) is 15.7. The SMILES string of the molecule is Cn1c(SCC(=O)NC(C2CC2)C2CC2)nc2ccccc2c1=O. The molecule has 24 heavy (non-hydrogen) atoms. The summed E-state index contributed by atoms with van der Waals surface area (Å²) in [5.41, 5.74) is 0.606.